The van der Waals surface area contributed by atoms with Crippen LogP contribution in [0.15, 0.2) is 0 Å². The molecular formula is C19H40N4S2. The van der Waals surface area contributed by atoms with Crippen LogP contribution in [-0.4, -0.2) is 71.8 Å². The fourth-order valence-electron chi connectivity index (χ4n) is 2.71. The molecule has 0 unspecified atom stereocenters. The average Bonchev–Trinajstić information content (AvgIpc) is 2.55. The number of hydrogen-bond acceptors (Lipinski definition) is 3. The lowest BCUT2D eigenvalue weighted by molar-refractivity contribution is 0.168. The van der Waals surface area contributed by atoms with Gasteiger partial charge in [-0.2, -0.15) is 0 Å². The van der Waals surface area contributed by atoms with E-state index in [2.05, 4.69) is 18.9 Å². The molecule has 0 rings (SSSR count). The Morgan fingerprint density at radius 1 is 0.640 bits per heavy atom. The van der Waals surface area contributed by atoms with Crippen LogP contribution in [0.2, 0.25) is 0 Å². The number of hydrogen-bond donors (Lipinski definition) is 0. The Kier molecular flexibility index (Phi) is 14.4. The minimum Gasteiger partial charge on any atom is -0.354 e. The summed E-state index contributed by atoms with van der Waals surface area (Å²) in [6, 6.07) is 0. The van der Waals surface area contributed by atoms with E-state index in [4.69, 9.17) is 24.4 Å². The van der Waals surface area contributed by atoms with Gasteiger partial charge in [0.2, 0.25) is 0 Å². The van der Waals surface area contributed by atoms with Crippen molar-refractivity contribution in [2.24, 2.45) is 0 Å². The molecule has 0 aromatic carbocycles. The first-order chi connectivity index (χ1) is 11.8. The van der Waals surface area contributed by atoms with Gasteiger partial charge in [0.1, 0.15) is 0 Å². The van der Waals surface area contributed by atoms with E-state index >= 15 is 0 Å². The Hall–Kier alpha value is -0.460. The zero-order chi connectivity index (χ0) is 19.2. The Balaban J connectivity index is 3.95. The van der Waals surface area contributed by atoms with Gasteiger partial charge >= 0.3 is 0 Å². The third kappa shape index (κ3) is 11.0. The minimum atomic E-state index is 0.713. The summed E-state index contributed by atoms with van der Waals surface area (Å²) in [5.41, 5.74) is 0. The summed E-state index contributed by atoms with van der Waals surface area (Å²) in [6.07, 6.45) is 13.5. The smallest absolute Gasteiger partial charge is 0.192 e. The summed E-state index contributed by atoms with van der Waals surface area (Å²) >= 11 is 11.1. The Morgan fingerprint density at radius 3 is 1.48 bits per heavy atom. The standard InChI is InChI=1S/C19H40N4S2/c1-7-8-9-10-11-12-13-14-15-16-17-22(6)19(25)23(21(4)5)18(24)20(2)3/h7-17H2,1-6H3. The second kappa shape index (κ2) is 14.7. The molecule has 0 aromatic rings. The fraction of sp³-hybridized carbons (Fsp3) is 0.895. The van der Waals surface area contributed by atoms with Gasteiger partial charge in [0.25, 0.3) is 0 Å². The van der Waals surface area contributed by atoms with E-state index in [1.54, 1.807) is 0 Å². The highest BCUT2D eigenvalue weighted by Crippen LogP contribution is 2.11. The normalized spacial score (nSPS) is 10.8. The Labute approximate surface area is 167 Å². The van der Waals surface area contributed by atoms with Crippen LogP contribution in [0.1, 0.15) is 71.1 Å². The van der Waals surface area contributed by atoms with Crippen molar-refractivity contribution in [2.75, 3.05) is 41.8 Å². The summed E-state index contributed by atoms with van der Waals surface area (Å²) in [5.74, 6) is 0. The number of rotatable bonds is 12. The van der Waals surface area contributed by atoms with Gasteiger partial charge in [0.15, 0.2) is 10.2 Å². The summed E-state index contributed by atoms with van der Waals surface area (Å²) in [7, 11) is 9.89. The number of thiocarbonyl (C=S) groups is 2. The molecule has 0 aliphatic rings. The molecule has 0 fully saturated rings. The second-order valence-electron chi connectivity index (χ2n) is 7.22. The highest BCUT2D eigenvalue weighted by atomic mass is 32.1. The molecule has 0 heterocycles. The van der Waals surface area contributed by atoms with Crippen molar-refractivity contribution in [3.05, 3.63) is 0 Å². The van der Waals surface area contributed by atoms with Gasteiger partial charge in [0, 0.05) is 41.8 Å². The Morgan fingerprint density at radius 2 is 1.08 bits per heavy atom. The first-order valence-corrected chi connectivity index (χ1v) is 10.6. The van der Waals surface area contributed by atoms with Crippen LogP contribution >= 0.6 is 24.4 Å². The molecular weight excluding hydrogens is 348 g/mol. The fourth-order valence-corrected chi connectivity index (χ4v) is 3.36. The minimum absolute atomic E-state index is 0.713. The van der Waals surface area contributed by atoms with Gasteiger partial charge in [-0.3, -0.25) is 0 Å². The highest BCUT2D eigenvalue weighted by molar-refractivity contribution is 7.81. The first kappa shape index (κ1) is 24.5. The van der Waals surface area contributed by atoms with Gasteiger partial charge in [-0.1, -0.05) is 64.7 Å². The molecule has 0 saturated heterocycles. The molecule has 0 atom stereocenters. The molecule has 0 amide bonds. The largest absolute Gasteiger partial charge is 0.354 e. The van der Waals surface area contributed by atoms with Crippen molar-refractivity contribution in [1.29, 1.82) is 0 Å². The molecule has 6 heteroatoms. The van der Waals surface area contributed by atoms with E-state index in [0.29, 0.717) is 5.11 Å². The molecule has 0 aliphatic heterocycles. The predicted octanol–water partition coefficient (Wildman–Crippen LogP) is 4.75. The molecule has 25 heavy (non-hydrogen) atoms. The van der Waals surface area contributed by atoms with E-state index in [0.717, 1.165) is 11.7 Å². The third-order valence-corrected chi connectivity index (χ3v) is 5.34. The van der Waals surface area contributed by atoms with Crippen molar-refractivity contribution in [1.82, 2.24) is 19.8 Å². The molecule has 0 aromatic heterocycles. The van der Waals surface area contributed by atoms with Crippen LogP contribution in [0.25, 0.3) is 0 Å². The second-order valence-corrected chi connectivity index (χ2v) is 7.95. The molecule has 0 bridgehead atoms. The van der Waals surface area contributed by atoms with Crippen molar-refractivity contribution in [3.8, 4) is 0 Å². The molecule has 0 aliphatic carbocycles. The summed E-state index contributed by atoms with van der Waals surface area (Å²) in [6.45, 7) is 3.25. The number of unbranched alkanes of at least 4 members (excludes halogenated alkanes) is 9. The maximum atomic E-state index is 5.64. The maximum Gasteiger partial charge on any atom is 0.192 e. The molecule has 0 radical (unpaired) electrons. The zero-order valence-corrected chi connectivity index (χ0v) is 19.0. The van der Waals surface area contributed by atoms with Gasteiger partial charge in [0.05, 0.1) is 0 Å². The van der Waals surface area contributed by atoms with Crippen LogP contribution < -0.4 is 0 Å². The van der Waals surface area contributed by atoms with Gasteiger partial charge in [-0.15, -0.1) is 0 Å². The lowest BCUT2D eigenvalue weighted by Crippen LogP contribution is -2.54. The van der Waals surface area contributed by atoms with E-state index in [1.807, 2.05) is 43.1 Å². The predicted molar refractivity (Wildman–Crippen MR) is 119 cm³/mol. The summed E-state index contributed by atoms with van der Waals surface area (Å²) in [4.78, 5) is 4.05. The monoisotopic (exact) mass is 388 g/mol. The maximum absolute atomic E-state index is 5.64. The zero-order valence-electron chi connectivity index (χ0n) is 17.4. The lowest BCUT2D eigenvalue weighted by Gasteiger charge is -2.37. The van der Waals surface area contributed by atoms with E-state index in [1.165, 1.54) is 64.2 Å². The summed E-state index contributed by atoms with van der Waals surface area (Å²) < 4.78 is 0. The highest BCUT2D eigenvalue weighted by Gasteiger charge is 2.21. The van der Waals surface area contributed by atoms with Crippen LogP contribution in [0.4, 0.5) is 0 Å². The van der Waals surface area contributed by atoms with Gasteiger partial charge in [-0.25, -0.2) is 10.0 Å². The number of hydrazine groups is 1. The van der Waals surface area contributed by atoms with Crippen molar-refractivity contribution in [3.63, 3.8) is 0 Å². The van der Waals surface area contributed by atoms with Crippen molar-refractivity contribution >= 4 is 34.7 Å². The first-order valence-electron chi connectivity index (χ1n) is 9.76. The van der Waals surface area contributed by atoms with Crippen molar-refractivity contribution in [2.45, 2.75) is 71.1 Å². The molecule has 0 spiro atoms. The lowest BCUT2D eigenvalue weighted by atomic mass is 10.1. The SMILES string of the molecule is CCCCCCCCCCCCN(C)C(=S)N(C(=S)N(C)C)N(C)C. The third-order valence-electron chi connectivity index (χ3n) is 4.32. The molecule has 4 nitrogen and oxygen atoms in total. The van der Waals surface area contributed by atoms with Crippen LogP contribution in [-0.2, 0) is 0 Å². The summed E-state index contributed by atoms with van der Waals surface area (Å²) in [5, 5.41) is 5.32. The van der Waals surface area contributed by atoms with Crippen LogP contribution in [0, 0.1) is 0 Å². The topological polar surface area (TPSA) is 13.0 Å². The van der Waals surface area contributed by atoms with Gasteiger partial charge in [-0.05, 0) is 30.9 Å². The molecule has 0 N–H and O–H groups in total. The quantitative estimate of drug-likeness (QED) is 0.270. The van der Waals surface area contributed by atoms with Gasteiger partial charge < -0.3 is 9.80 Å². The van der Waals surface area contributed by atoms with Crippen LogP contribution in [0.3, 0.4) is 0 Å². The molecule has 0 saturated carbocycles. The van der Waals surface area contributed by atoms with E-state index in [9.17, 15) is 0 Å². The Bertz CT molecular complexity index is 372. The van der Waals surface area contributed by atoms with E-state index in [-0.39, 0.29) is 0 Å². The van der Waals surface area contributed by atoms with E-state index < -0.39 is 0 Å². The molecule has 148 valence electrons. The van der Waals surface area contributed by atoms with Crippen molar-refractivity contribution < 1.29 is 0 Å². The average molecular weight is 389 g/mol. The number of nitrogens with zero attached hydrogens (tertiary/aromatic N) is 4. The van der Waals surface area contributed by atoms with Crippen LogP contribution in [0.5, 0.6) is 0 Å².